The summed E-state index contributed by atoms with van der Waals surface area (Å²) in [4.78, 5) is 12.0. The highest BCUT2D eigenvalue weighted by Gasteiger charge is 2.22. The van der Waals surface area contributed by atoms with Gasteiger partial charge in [0, 0.05) is 23.6 Å². The smallest absolute Gasteiger partial charge is 0.314 e. The summed E-state index contributed by atoms with van der Waals surface area (Å²) in [5.41, 5.74) is 3.82. The van der Waals surface area contributed by atoms with Gasteiger partial charge in [-0.25, -0.2) is 4.39 Å². The van der Waals surface area contributed by atoms with Crippen molar-refractivity contribution in [3.63, 3.8) is 0 Å². The molecule has 0 fully saturated rings. The fourth-order valence-electron chi connectivity index (χ4n) is 3.20. The van der Waals surface area contributed by atoms with Crippen LogP contribution in [0.1, 0.15) is 29.0 Å². The van der Waals surface area contributed by atoms with Gasteiger partial charge >= 0.3 is 5.97 Å². The number of hydrogen-bond donors (Lipinski definition) is 0. The maximum absolute atomic E-state index is 13.1. The Morgan fingerprint density at radius 2 is 2.00 bits per heavy atom. The summed E-state index contributed by atoms with van der Waals surface area (Å²) in [6.45, 7) is 2.62. The topological polar surface area (TPSA) is 55.0 Å². The molecule has 1 aromatic heterocycles. The standard InChI is InChI=1S/C21H19FN2O2/c1-14-12-24(13-15-3-6-17(22)7-4-15)20-11-16(5-8-18(14)20)19(9-10-23)21(25)26-2/h3-8,11-12,19H,9,13H2,1-2H3. The molecule has 0 N–H and O–H groups in total. The van der Waals surface area contributed by atoms with Crippen molar-refractivity contribution in [3.05, 3.63) is 71.2 Å². The minimum Gasteiger partial charge on any atom is -0.469 e. The van der Waals surface area contributed by atoms with Crippen molar-refractivity contribution in [1.82, 2.24) is 4.57 Å². The molecule has 0 saturated carbocycles. The number of carbonyl (C=O) groups is 1. The number of methoxy groups -OCH3 is 1. The molecule has 3 rings (SSSR count). The second kappa shape index (κ2) is 7.40. The Morgan fingerprint density at radius 3 is 2.65 bits per heavy atom. The van der Waals surface area contributed by atoms with Gasteiger partial charge in [0.2, 0.25) is 0 Å². The molecule has 2 aromatic carbocycles. The number of ether oxygens (including phenoxy) is 1. The van der Waals surface area contributed by atoms with Crippen LogP contribution >= 0.6 is 0 Å². The number of halogens is 1. The number of hydrogen-bond acceptors (Lipinski definition) is 3. The molecule has 3 aromatic rings. The Kier molecular flexibility index (Phi) is 5.04. The van der Waals surface area contributed by atoms with Crippen LogP contribution in [0.3, 0.4) is 0 Å². The van der Waals surface area contributed by atoms with Crippen molar-refractivity contribution in [2.24, 2.45) is 0 Å². The summed E-state index contributed by atoms with van der Waals surface area (Å²) in [7, 11) is 1.33. The Morgan fingerprint density at radius 1 is 1.27 bits per heavy atom. The fourth-order valence-corrected chi connectivity index (χ4v) is 3.20. The number of benzene rings is 2. The highest BCUT2D eigenvalue weighted by Crippen LogP contribution is 2.28. The van der Waals surface area contributed by atoms with Gasteiger partial charge in [0.15, 0.2) is 0 Å². The first-order valence-electron chi connectivity index (χ1n) is 8.32. The second-order valence-electron chi connectivity index (χ2n) is 6.28. The average molecular weight is 350 g/mol. The summed E-state index contributed by atoms with van der Waals surface area (Å²) in [6, 6.07) is 14.2. The Balaban J connectivity index is 2.03. The number of esters is 1. The van der Waals surface area contributed by atoms with E-state index < -0.39 is 11.9 Å². The maximum Gasteiger partial charge on any atom is 0.314 e. The van der Waals surface area contributed by atoms with Gasteiger partial charge in [-0.1, -0.05) is 24.3 Å². The van der Waals surface area contributed by atoms with Crippen LogP contribution in [0.2, 0.25) is 0 Å². The minimum absolute atomic E-state index is 0.0653. The molecule has 26 heavy (non-hydrogen) atoms. The normalized spacial score (nSPS) is 11.9. The summed E-state index contributed by atoms with van der Waals surface area (Å²) in [5.74, 6) is -1.29. The summed E-state index contributed by atoms with van der Waals surface area (Å²) in [6.07, 6.45) is 2.10. The molecule has 0 bridgehead atoms. The van der Waals surface area contributed by atoms with E-state index in [4.69, 9.17) is 10.00 Å². The molecule has 0 aliphatic rings. The zero-order chi connectivity index (χ0) is 18.7. The molecule has 0 saturated heterocycles. The first-order valence-corrected chi connectivity index (χ1v) is 8.32. The summed E-state index contributed by atoms with van der Waals surface area (Å²) < 4.78 is 20.0. The van der Waals surface area contributed by atoms with E-state index >= 15 is 0 Å². The Hall–Kier alpha value is -3.13. The summed E-state index contributed by atoms with van der Waals surface area (Å²) in [5, 5.41) is 10.1. The van der Waals surface area contributed by atoms with Crippen LogP contribution in [0.5, 0.6) is 0 Å². The molecule has 0 aliphatic carbocycles. The third-order valence-electron chi connectivity index (χ3n) is 4.56. The number of nitriles is 1. The van der Waals surface area contributed by atoms with Gasteiger partial charge in [-0.3, -0.25) is 4.79 Å². The number of nitrogens with zero attached hydrogens (tertiary/aromatic N) is 2. The van der Waals surface area contributed by atoms with Crippen LogP contribution in [-0.2, 0) is 16.1 Å². The van der Waals surface area contributed by atoms with E-state index in [0.29, 0.717) is 6.54 Å². The zero-order valence-corrected chi connectivity index (χ0v) is 14.7. The quantitative estimate of drug-likeness (QED) is 0.645. The molecule has 0 spiro atoms. The highest BCUT2D eigenvalue weighted by atomic mass is 19.1. The largest absolute Gasteiger partial charge is 0.469 e. The third kappa shape index (κ3) is 3.45. The second-order valence-corrected chi connectivity index (χ2v) is 6.28. The SMILES string of the molecule is COC(=O)C(CC#N)c1ccc2c(C)cn(Cc3ccc(F)cc3)c2c1. The number of rotatable bonds is 5. The van der Waals surface area contributed by atoms with Gasteiger partial charge in [0.1, 0.15) is 5.82 Å². The van der Waals surface area contributed by atoms with Gasteiger partial charge in [-0.05, 0) is 41.8 Å². The van der Waals surface area contributed by atoms with E-state index in [9.17, 15) is 9.18 Å². The van der Waals surface area contributed by atoms with Crippen LogP contribution in [0.25, 0.3) is 10.9 Å². The number of aryl methyl sites for hydroxylation is 1. The predicted octanol–water partition coefficient (Wildman–Crippen LogP) is 4.31. The van der Waals surface area contributed by atoms with Crippen molar-refractivity contribution in [1.29, 1.82) is 5.26 Å². The first kappa shape index (κ1) is 17.7. The molecule has 1 unspecified atom stereocenters. The Labute approximate surface area is 151 Å². The minimum atomic E-state index is -0.608. The lowest BCUT2D eigenvalue weighted by molar-refractivity contribution is -0.142. The van der Waals surface area contributed by atoms with Gasteiger partial charge in [0.25, 0.3) is 0 Å². The number of aromatic nitrogens is 1. The van der Waals surface area contributed by atoms with E-state index in [1.54, 1.807) is 12.1 Å². The third-order valence-corrected chi connectivity index (χ3v) is 4.56. The van der Waals surface area contributed by atoms with Crippen LogP contribution in [0, 0.1) is 24.1 Å². The lowest BCUT2D eigenvalue weighted by Gasteiger charge is -2.13. The maximum atomic E-state index is 13.1. The van der Waals surface area contributed by atoms with Crippen molar-refractivity contribution in [2.75, 3.05) is 7.11 Å². The number of fused-ring (bicyclic) bond motifs is 1. The zero-order valence-electron chi connectivity index (χ0n) is 14.7. The van der Waals surface area contributed by atoms with Gasteiger partial charge < -0.3 is 9.30 Å². The molecule has 0 aliphatic heterocycles. The Bertz CT molecular complexity index is 984. The van der Waals surface area contributed by atoms with E-state index in [0.717, 1.165) is 27.6 Å². The molecule has 0 amide bonds. The van der Waals surface area contributed by atoms with Crippen molar-refractivity contribution in [2.45, 2.75) is 25.8 Å². The molecule has 1 heterocycles. The van der Waals surface area contributed by atoms with Crippen LogP contribution < -0.4 is 0 Å². The predicted molar refractivity (Wildman–Crippen MR) is 97.2 cm³/mol. The van der Waals surface area contributed by atoms with Crippen LogP contribution in [-0.4, -0.2) is 17.6 Å². The average Bonchev–Trinajstić information content (AvgIpc) is 2.96. The van der Waals surface area contributed by atoms with E-state index in [1.807, 2.05) is 31.3 Å². The molecule has 132 valence electrons. The summed E-state index contributed by atoms with van der Waals surface area (Å²) >= 11 is 0. The molecular weight excluding hydrogens is 331 g/mol. The van der Waals surface area contributed by atoms with Crippen molar-refractivity contribution in [3.8, 4) is 6.07 Å². The lowest BCUT2D eigenvalue weighted by atomic mass is 9.95. The number of carbonyl (C=O) groups excluding carboxylic acids is 1. The van der Waals surface area contributed by atoms with E-state index in [1.165, 1.54) is 19.2 Å². The van der Waals surface area contributed by atoms with Gasteiger partial charge in [0.05, 0.1) is 25.5 Å². The van der Waals surface area contributed by atoms with Gasteiger partial charge in [-0.15, -0.1) is 0 Å². The van der Waals surface area contributed by atoms with E-state index in [2.05, 4.69) is 10.6 Å². The molecular formula is C21H19FN2O2. The lowest BCUT2D eigenvalue weighted by Crippen LogP contribution is -2.14. The van der Waals surface area contributed by atoms with Crippen LogP contribution in [0.15, 0.2) is 48.7 Å². The highest BCUT2D eigenvalue weighted by molar-refractivity contribution is 5.87. The van der Waals surface area contributed by atoms with Crippen molar-refractivity contribution < 1.29 is 13.9 Å². The molecule has 0 radical (unpaired) electrons. The monoisotopic (exact) mass is 350 g/mol. The van der Waals surface area contributed by atoms with Crippen molar-refractivity contribution >= 4 is 16.9 Å². The van der Waals surface area contributed by atoms with Crippen LogP contribution in [0.4, 0.5) is 4.39 Å². The molecule has 1 atom stereocenters. The molecule has 4 nitrogen and oxygen atoms in total. The van der Waals surface area contributed by atoms with E-state index in [-0.39, 0.29) is 12.2 Å². The van der Waals surface area contributed by atoms with Gasteiger partial charge in [-0.2, -0.15) is 5.26 Å². The first-order chi connectivity index (χ1) is 12.5. The molecule has 5 heteroatoms. The fraction of sp³-hybridized carbons (Fsp3) is 0.238.